The standard InChI is InChI=1S/C18H26N2O/c1-4-5-9-14(3)20-16(15-10-7-6-8-13(15)2)19-18(11-12-18)17(20)21/h6-8,10,14,16,19H,4-5,9,11-12H2,1-3H3. The lowest BCUT2D eigenvalue weighted by Crippen LogP contribution is -2.39. The number of hydrogen-bond donors (Lipinski definition) is 1. The molecule has 2 unspecified atom stereocenters. The number of carbonyl (C=O) groups excluding carboxylic acids is 1. The van der Waals surface area contributed by atoms with Gasteiger partial charge in [0.05, 0.1) is 0 Å². The maximum absolute atomic E-state index is 12.9. The van der Waals surface area contributed by atoms with Crippen molar-refractivity contribution in [2.75, 3.05) is 0 Å². The van der Waals surface area contributed by atoms with Crippen LogP contribution in [0.4, 0.5) is 0 Å². The zero-order chi connectivity index (χ0) is 15.0. The summed E-state index contributed by atoms with van der Waals surface area (Å²) in [5, 5.41) is 3.63. The van der Waals surface area contributed by atoms with E-state index < -0.39 is 0 Å². The summed E-state index contributed by atoms with van der Waals surface area (Å²) >= 11 is 0. The maximum atomic E-state index is 12.9. The Morgan fingerprint density at radius 2 is 2.10 bits per heavy atom. The van der Waals surface area contributed by atoms with E-state index in [0.717, 1.165) is 19.3 Å². The van der Waals surface area contributed by atoms with Gasteiger partial charge in [0, 0.05) is 6.04 Å². The van der Waals surface area contributed by atoms with Gasteiger partial charge in [0.25, 0.3) is 0 Å². The van der Waals surface area contributed by atoms with Crippen LogP contribution in [0.5, 0.6) is 0 Å². The van der Waals surface area contributed by atoms with Gasteiger partial charge >= 0.3 is 0 Å². The fraction of sp³-hybridized carbons (Fsp3) is 0.611. The Hall–Kier alpha value is -1.35. The Labute approximate surface area is 127 Å². The highest BCUT2D eigenvalue weighted by Gasteiger charge is 2.60. The van der Waals surface area contributed by atoms with Crippen LogP contribution in [0.15, 0.2) is 24.3 Å². The minimum Gasteiger partial charge on any atom is -0.319 e. The molecule has 1 saturated carbocycles. The Kier molecular flexibility index (Phi) is 3.78. The largest absolute Gasteiger partial charge is 0.319 e. The molecule has 1 amide bonds. The Bertz CT molecular complexity index is 536. The number of rotatable bonds is 5. The van der Waals surface area contributed by atoms with Crippen molar-refractivity contribution < 1.29 is 4.79 Å². The van der Waals surface area contributed by atoms with Gasteiger partial charge in [-0.2, -0.15) is 0 Å². The van der Waals surface area contributed by atoms with Gasteiger partial charge in [-0.1, -0.05) is 44.0 Å². The number of benzene rings is 1. The molecule has 1 spiro atoms. The molecule has 114 valence electrons. The maximum Gasteiger partial charge on any atom is 0.244 e. The van der Waals surface area contributed by atoms with E-state index in [9.17, 15) is 4.79 Å². The van der Waals surface area contributed by atoms with E-state index in [1.807, 2.05) is 0 Å². The molecule has 3 rings (SSSR count). The molecule has 1 N–H and O–H groups in total. The Morgan fingerprint density at radius 1 is 1.38 bits per heavy atom. The normalized spacial score (nSPS) is 24.6. The van der Waals surface area contributed by atoms with Crippen LogP contribution in [0.1, 0.15) is 63.2 Å². The van der Waals surface area contributed by atoms with E-state index >= 15 is 0 Å². The molecule has 1 aliphatic carbocycles. The van der Waals surface area contributed by atoms with Crippen LogP contribution >= 0.6 is 0 Å². The summed E-state index contributed by atoms with van der Waals surface area (Å²) in [5.41, 5.74) is 2.26. The van der Waals surface area contributed by atoms with E-state index in [1.165, 1.54) is 24.0 Å². The molecule has 3 heteroatoms. The first kappa shape index (κ1) is 14.6. The van der Waals surface area contributed by atoms with Crippen LogP contribution in [-0.2, 0) is 4.79 Å². The molecule has 3 nitrogen and oxygen atoms in total. The summed E-state index contributed by atoms with van der Waals surface area (Å²) in [6.45, 7) is 6.54. The molecule has 1 aromatic carbocycles. The molecule has 2 atom stereocenters. The van der Waals surface area contributed by atoms with Crippen LogP contribution in [0.2, 0.25) is 0 Å². The van der Waals surface area contributed by atoms with Gasteiger partial charge in [0.1, 0.15) is 11.7 Å². The third-order valence-corrected chi connectivity index (χ3v) is 5.02. The van der Waals surface area contributed by atoms with Gasteiger partial charge in [-0.25, -0.2) is 0 Å². The second-order valence-corrected chi connectivity index (χ2v) is 6.69. The smallest absolute Gasteiger partial charge is 0.244 e. The first-order chi connectivity index (χ1) is 10.1. The van der Waals surface area contributed by atoms with Crippen molar-refractivity contribution in [2.24, 2.45) is 0 Å². The monoisotopic (exact) mass is 286 g/mol. The average molecular weight is 286 g/mol. The summed E-state index contributed by atoms with van der Waals surface area (Å²) in [4.78, 5) is 15.0. The number of nitrogens with one attached hydrogen (secondary N) is 1. The third kappa shape index (κ3) is 2.48. The van der Waals surface area contributed by atoms with Gasteiger partial charge in [0.15, 0.2) is 0 Å². The molecule has 0 aromatic heterocycles. The number of nitrogens with zero attached hydrogens (tertiary/aromatic N) is 1. The molecule has 1 saturated heterocycles. The van der Waals surface area contributed by atoms with Crippen molar-refractivity contribution in [1.82, 2.24) is 10.2 Å². The number of hydrogen-bond acceptors (Lipinski definition) is 2. The second-order valence-electron chi connectivity index (χ2n) is 6.69. The second kappa shape index (κ2) is 5.45. The quantitative estimate of drug-likeness (QED) is 0.898. The summed E-state index contributed by atoms with van der Waals surface area (Å²) in [6.07, 6.45) is 5.48. The minimum absolute atomic E-state index is 0.0491. The lowest BCUT2D eigenvalue weighted by Gasteiger charge is -2.31. The fourth-order valence-electron chi connectivity index (χ4n) is 3.46. The summed E-state index contributed by atoms with van der Waals surface area (Å²) in [6, 6.07) is 8.72. The van der Waals surface area contributed by atoms with E-state index in [0.29, 0.717) is 11.9 Å². The summed E-state index contributed by atoms with van der Waals surface area (Å²) in [7, 11) is 0. The van der Waals surface area contributed by atoms with Crippen LogP contribution in [-0.4, -0.2) is 22.4 Å². The van der Waals surface area contributed by atoms with Crippen molar-refractivity contribution in [3.8, 4) is 0 Å². The van der Waals surface area contributed by atoms with Crippen molar-refractivity contribution in [3.63, 3.8) is 0 Å². The molecule has 1 heterocycles. The fourth-order valence-corrected chi connectivity index (χ4v) is 3.46. The molecular formula is C18H26N2O. The molecule has 2 fully saturated rings. The highest BCUT2D eigenvalue weighted by atomic mass is 16.2. The van der Waals surface area contributed by atoms with Crippen LogP contribution in [0.25, 0.3) is 0 Å². The third-order valence-electron chi connectivity index (χ3n) is 5.02. The molecule has 21 heavy (non-hydrogen) atoms. The molecule has 0 radical (unpaired) electrons. The highest BCUT2D eigenvalue weighted by molar-refractivity contribution is 5.92. The zero-order valence-electron chi connectivity index (χ0n) is 13.4. The van der Waals surface area contributed by atoms with E-state index in [1.54, 1.807) is 0 Å². The molecular weight excluding hydrogens is 260 g/mol. The topological polar surface area (TPSA) is 32.3 Å². The predicted octanol–water partition coefficient (Wildman–Crippen LogP) is 3.54. The van der Waals surface area contributed by atoms with Gasteiger partial charge < -0.3 is 4.90 Å². The number of carbonyl (C=O) groups is 1. The zero-order valence-corrected chi connectivity index (χ0v) is 13.4. The molecule has 2 aliphatic rings. The van der Waals surface area contributed by atoms with E-state index in [-0.39, 0.29) is 11.7 Å². The SMILES string of the molecule is CCCCC(C)N1C(=O)C2(CC2)NC1c1ccccc1C. The summed E-state index contributed by atoms with van der Waals surface area (Å²) < 4.78 is 0. The van der Waals surface area contributed by atoms with Gasteiger partial charge in [-0.15, -0.1) is 0 Å². The van der Waals surface area contributed by atoms with Crippen molar-refractivity contribution in [2.45, 2.75) is 70.6 Å². The summed E-state index contributed by atoms with van der Waals surface area (Å²) in [5.74, 6) is 0.319. The van der Waals surface area contributed by atoms with Crippen molar-refractivity contribution >= 4 is 5.91 Å². The van der Waals surface area contributed by atoms with Gasteiger partial charge in [0.2, 0.25) is 5.91 Å². The highest BCUT2D eigenvalue weighted by Crippen LogP contribution is 2.47. The number of aryl methyl sites for hydroxylation is 1. The van der Waals surface area contributed by atoms with Crippen LogP contribution in [0, 0.1) is 6.92 Å². The molecule has 1 aliphatic heterocycles. The number of amides is 1. The van der Waals surface area contributed by atoms with Crippen molar-refractivity contribution in [1.29, 1.82) is 0 Å². The lowest BCUT2D eigenvalue weighted by molar-refractivity contribution is -0.132. The lowest BCUT2D eigenvalue weighted by atomic mass is 10.0. The first-order valence-electron chi connectivity index (χ1n) is 8.25. The Balaban J connectivity index is 1.90. The number of unbranched alkanes of at least 4 members (excludes halogenated alkanes) is 1. The van der Waals surface area contributed by atoms with Gasteiger partial charge in [-0.3, -0.25) is 10.1 Å². The first-order valence-corrected chi connectivity index (χ1v) is 8.25. The van der Waals surface area contributed by atoms with Crippen molar-refractivity contribution in [3.05, 3.63) is 35.4 Å². The van der Waals surface area contributed by atoms with E-state index in [4.69, 9.17) is 0 Å². The Morgan fingerprint density at radius 3 is 2.71 bits per heavy atom. The van der Waals surface area contributed by atoms with Gasteiger partial charge in [-0.05, 0) is 44.2 Å². The molecule has 1 aromatic rings. The van der Waals surface area contributed by atoms with Crippen LogP contribution in [0.3, 0.4) is 0 Å². The predicted molar refractivity (Wildman–Crippen MR) is 84.9 cm³/mol. The minimum atomic E-state index is -0.243. The van der Waals surface area contributed by atoms with Crippen LogP contribution < -0.4 is 5.32 Å². The van der Waals surface area contributed by atoms with E-state index in [2.05, 4.69) is 55.3 Å². The average Bonchev–Trinajstić information content (AvgIpc) is 3.19. The molecule has 0 bridgehead atoms.